The van der Waals surface area contributed by atoms with Crippen molar-refractivity contribution in [3.05, 3.63) is 20.9 Å². The zero-order valence-corrected chi connectivity index (χ0v) is 5.88. The van der Waals surface area contributed by atoms with Gasteiger partial charge < -0.3 is 4.74 Å². The summed E-state index contributed by atoms with van der Waals surface area (Å²) in [6, 6.07) is 0. The first kappa shape index (κ1) is 7.68. The Kier molecular flexibility index (Phi) is 1.87. The van der Waals surface area contributed by atoms with Crippen LogP contribution >= 0.6 is 0 Å². The summed E-state index contributed by atoms with van der Waals surface area (Å²) in [6.45, 7) is 2.01. The average Bonchev–Trinajstić information content (AvgIpc) is 2.68. The van der Waals surface area contributed by atoms with Crippen LogP contribution in [0.15, 0.2) is 10.2 Å². The second-order valence-electron chi connectivity index (χ2n) is 2.29. The van der Waals surface area contributed by atoms with Crippen LogP contribution < -0.4 is 0 Å². The maximum atomic E-state index is 8.12. The normalized spacial score (nSPS) is 25.7. The Bertz CT molecular complexity index is 227. The molecule has 1 atom stereocenters. The molecule has 1 aliphatic heterocycles. The summed E-state index contributed by atoms with van der Waals surface area (Å²) in [5, 5.41) is 6.69. The lowest BCUT2D eigenvalue weighted by molar-refractivity contribution is 0.309. The van der Waals surface area contributed by atoms with Crippen molar-refractivity contribution in [2.24, 2.45) is 10.2 Å². The smallest absolute Gasteiger partial charge is 0.152 e. The summed E-state index contributed by atoms with van der Waals surface area (Å²) < 4.78 is 4.85. The van der Waals surface area contributed by atoms with Crippen molar-refractivity contribution < 1.29 is 4.74 Å². The second kappa shape index (κ2) is 2.67. The Morgan fingerprint density at radius 2 is 1.91 bits per heavy atom. The van der Waals surface area contributed by atoms with E-state index in [1.807, 2.05) is 0 Å². The van der Waals surface area contributed by atoms with Gasteiger partial charge in [-0.25, -0.2) is 0 Å². The molecule has 0 N–H and O–H groups in total. The molecule has 0 spiro atoms. The van der Waals surface area contributed by atoms with Crippen LogP contribution in [0.3, 0.4) is 0 Å². The lowest BCUT2D eigenvalue weighted by Gasteiger charge is -2.11. The molecule has 1 aliphatic rings. The molecule has 11 heavy (non-hydrogen) atoms. The van der Waals surface area contributed by atoms with Gasteiger partial charge in [0.1, 0.15) is 0 Å². The van der Waals surface area contributed by atoms with E-state index < -0.39 is 5.66 Å². The monoisotopic (exact) mass is 154 g/mol. The van der Waals surface area contributed by atoms with E-state index in [4.69, 9.17) is 15.8 Å². The maximum Gasteiger partial charge on any atom is 0.152 e. The zero-order valence-electron chi connectivity index (χ0n) is 5.88. The molecule has 1 heterocycles. The minimum atomic E-state index is -1.09. The van der Waals surface area contributed by atoms with Crippen LogP contribution in [0.2, 0.25) is 0 Å². The van der Waals surface area contributed by atoms with E-state index in [9.17, 15) is 0 Å². The first-order valence-electron chi connectivity index (χ1n) is 2.97. The van der Waals surface area contributed by atoms with E-state index in [1.165, 1.54) is 6.92 Å². The highest BCUT2D eigenvalue weighted by Crippen LogP contribution is 2.29. The summed E-state index contributed by atoms with van der Waals surface area (Å²) >= 11 is 0. The van der Waals surface area contributed by atoms with Crippen LogP contribution in [-0.2, 0) is 4.74 Å². The van der Waals surface area contributed by atoms with E-state index in [0.717, 1.165) is 0 Å². The molecule has 0 bridgehead atoms. The summed E-state index contributed by atoms with van der Waals surface area (Å²) in [5.41, 5.74) is 15.2. The fourth-order valence-corrected chi connectivity index (χ4v) is 0.694. The third kappa shape index (κ3) is 1.53. The van der Waals surface area contributed by atoms with Crippen LogP contribution in [0, 0.1) is 0 Å². The Labute approximate surface area is 62.2 Å². The highest BCUT2D eigenvalue weighted by atomic mass is 16.6. The molecule has 1 unspecified atom stereocenters. The van der Waals surface area contributed by atoms with Crippen molar-refractivity contribution in [1.82, 2.24) is 0 Å². The van der Waals surface area contributed by atoms with Crippen LogP contribution in [0.5, 0.6) is 0 Å². The van der Waals surface area contributed by atoms with E-state index in [2.05, 4.69) is 20.1 Å². The van der Waals surface area contributed by atoms with Gasteiger partial charge in [-0.05, 0) is 18.0 Å². The second-order valence-corrected chi connectivity index (χ2v) is 2.29. The van der Waals surface area contributed by atoms with Gasteiger partial charge in [0.05, 0.1) is 12.7 Å². The molecule has 1 fully saturated rings. The molecule has 0 radical (unpaired) electrons. The third-order valence-corrected chi connectivity index (χ3v) is 1.44. The van der Waals surface area contributed by atoms with Gasteiger partial charge in [0.2, 0.25) is 0 Å². The summed E-state index contributed by atoms with van der Waals surface area (Å²) in [6.07, 6.45) is -0.255. The molecular formula is C4H6N6O. The number of rotatable bonds is 3. The fourth-order valence-electron chi connectivity index (χ4n) is 0.694. The first-order chi connectivity index (χ1) is 5.23. The van der Waals surface area contributed by atoms with Gasteiger partial charge >= 0.3 is 0 Å². The molecule has 58 valence electrons. The van der Waals surface area contributed by atoms with E-state index in [-0.39, 0.29) is 6.10 Å². The Balaban J connectivity index is 2.84. The molecule has 0 saturated carbocycles. The zero-order chi connectivity index (χ0) is 8.32. The number of hydrogen-bond donors (Lipinski definition) is 0. The summed E-state index contributed by atoms with van der Waals surface area (Å²) in [4.78, 5) is 5.14. The molecule has 0 aromatic carbocycles. The summed E-state index contributed by atoms with van der Waals surface area (Å²) in [5.74, 6) is 0. The largest absolute Gasteiger partial charge is 0.372 e. The molecule has 0 amide bonds. The van der Waals surface area contributed by atoms with Gasteiger partial charge in [-0.2, -0.15) is 0 Å². The van der Waals surface area contributed by atoms with Gasteiger partial charge in [0.25, 0.3) is 0 Å². The Morgan fingerprint density at radius 3 is 2.18 bits per heavy atom. The Morgan fingerprint density at radius 1 is 1.45 bits per heavy atom. The van der Waals surface area contributed by atoms with E-state index in [1.54, 1.807) is 0 Å². The maximum absolute atomic E-state index is 8.12. The van der Waals surface area contributed by atoms with Gasteiger partial charge in [-0.1, -0.05) is 10.2 Å². The minimum Gasteiger partial charge on any atom is -0.372 e. The van der Waals surface area contributed by atoms with Crippen molar-refractivity contribution in [2.45, 2.75) is 18.7 Å². The van der Waals surface area contributed by atoms with Gasteiger partial charge in [-0.3, -0.25) is 0 Å². The standard InChI is InChI=1S/C4H6N6O/c1-4(7-9-5,8-10-6)3-2-11-3/h3H,2H2,1H3. The number of hydrogen-bond acceptors (Lipinski definition) is 3. The molecule has 1 rings (SSSR count). The highest BCUT2D eigenvalue weighted by molar-refractivity contribution is 4.96. The average molecular weight is 154 g/mol. The molecule has 7 nitrogen and oxygen atoms in total. The van der Waals surface area contributed by atoms with E-state index in [0.29, 0.717) is 6.61 Å². The van der Waals surface area contributed by atoms with Crippen LogP contribution in [0.25, 0.3) is 20.9 Å². The van der Waals surface area contributed by atoms with Crippen molar-refractivity contribution >= 4 is 0 Å². The predicted molar refractivity (Wildman–Crippen MR) is 36.4 cm³/mol. The number of ether oxygens (including phenoxy) is 1. The number of nitrogens with zero attached hydrogens (tertiary/aromatic N) is 6. The van der Waals surface area contributed by atoms with Gasteiger partial charge in [-0.15, -0.1) is 0 Å². The fraction of sp³-hybridized carbons (Fsp3) is 1.00. The predicted octanol–water partition coefficient (Wildman–Crippen LogP) is 1.72. The Hall–Kier alpha value is -1.42. The first-order valence-corrected chi connectivity index (χ1v) is 2.97. The molecular weight excluding hydrogens is 148 g/mol. The lowest BCUT2D eigenvalue weighted by atomic mass is 10.2. The highest BCUT2D eigenvalue weighted by Gasteiger charge is 2.42. The van der Waals surface area contributed by atoms with Crippen molar-refractivity contribution in [3.63, 3.8) is 0 Å². The molecule has 0 aliphatic carbocycles. The quantitative estimate of drug-likeness (QED) is 0.262. The van der Waals surface area contributed by atoms with Crippen molar-refractivity contribution in [1.29, 1.82) is 0 Å². The minimum absolute atomic E-state index is 0.255. The third-order valence-electron chi connectivity index (χ3n) is 1.44. The van der Waals surface area contributed by atoms with Gasteiger partial charge in [0, 0.05) is 9.82 Å². The van der Waals surface area contributed by atoms with Crippen LogP contribution in [-0.4, -0.2) is 18.4 Å². The SMILES string of the molecule is CC(N=[N+]=[N-])(N=[N+]=[N-])C1CO1. The molecule has 0 aromatic heterocycles. The topological polar surface area (TPSA) is 110 Å². The van der Waals surface area contributed by atoms with Crippen LogP contribution in [0.1, 0.15) is 6.92 Å². The molecule has 1 saturated heterocycles. The van der Waals surface area contributed by atoms with E-state index >= 15 is 0 Å². The lowest BCUT2D eigenvalue weighted by Crippen LogP contribution is -2.24. The number of epoxide rings is 1. The van der Waals surface area contributed by atoms with Crippen LogP contribution in [0.4, 0.5) is 0 Å². The summed E-state index contributed by atoms with van der Waals surface area (Å²) in [7, 11) is 0. The van der Waals surface area contributed by atoms with Crippen molar-refractivity contribution in [3.8, 4) is 0 Å². The number of azide groups is 1. The van der Waals surface area contributed by atoms with Crippen molar-refractivity contribution in [2.75, 3.05) is 6.61 Å². The molecule has 0 aromatic rings. The molecule has 7 heteroatoms. The van der Waals surface area contributed by atoms with Gasteiger partial charge in [0.15, 0.2) is 5.66 Å².